The Bertz CT molecular complexity index is 67.0. The number of alkyl halides is 1. The molecule has 0 N–H and O–H groups in total. The fourth-order valence-corrected chi connectivity index (χ4v) is 0. The molecule has 0 aliphatic carbocycles. The Morgan fingerprint density at radius 1 is 0.333 bits per heavy atom. The van der Waals surface area contributed by atoms with Crippen molar-refractivity contribution in [2.24, 2.45) is 0 Å². The molecular weight excluding hydrogens is 593 g/mol. The maximum atomic E-state index is 6.32. The van der Waals surface area contributed by atoms with E-state index < -0.39 is 0 Å². The summed E-state index contributed by atoms with van der Waals surface area (Å²) in [6, 6.07) is 0. The van der Waals surface area contributed by atoms with Gasteiger partial charge in [-0.15, -0.1) is 0 Å². The van der Waals surface area contributed by atoms with Gasteiger partial charge in [0.1, 0.15) is 0 Å². The SMILES string of the molecule is C.C.C.C.C.C.C.C.C.C.C.C.C.C.C.C.C.C.C.C.C.C.C.C.C.C.C.C.C.C.C.P=S.[3HH].[3HH].[3HH].[3HH].[3HH].[3HH].[3HH].[3HH].[3HH].[3HH].[3H][I-]C.[F-]. The monoisotopic (exact) mass is 765 g/mol. The van der Waals surface area contributed by atoms with Crippen LogP contribution in [0.2, 0.25) is 0 Å². The van der Waals surface area contributed by atoms with E-state index >= 15 is 0 Å². The van der Waals surface area contributed by atoms with Crippen molar-refractivity contribution in [1.29, 1.82) is 0.594 Å². The molecule has 0 saturated carbocycles. The second-order valence-corrected chi connectivity index (χ2v) is 0. The smallest absolute Gasteiger partial charge is 1.00 e. The predicted octanol–water partition coefficient (Wildman–Crippen LogP) is 16.7. The first kappa shape index (κ1) is 2790. The molecule has 0 atom stereocenters. The minimum absolute atomic E-state index is 0. The van der Waals surface area contributed by atoms with Crippen LogP contribution in [0.3, 0.4) is 0 Å². The molecule has 0 aromatic heterocycles. The molecule has 0 unspecified atom stereocenters. The maximum absolute atomic E-state index is 6.32. The third-order valence-electron chi connectivity index (χ3n) is 0. The molecule has 0 amide bonds. The van der Waals surface area contributed by atoms with Crippen LogP contribution in [0.15, 0.2) is 0 Å². The zero-order valence-electron chi connectivity index (χ0n) is 3.66. The quantitative estimate of drug-likeness (QED) is 0.134. The van der Waals surface area contributed by atoms with Crippen LogP contribution in [0.4, 0.5) is 0 Å². The van der Waals surface area contributed by atoms with E-state index in [-0.39, 0.29) is 272 Å². The molecule has 36 heavy (non-hydrogen) atoms. The summed E-state index contributed by atoms with van der Waals surface area (Å²) in [6.07, 6.45) is 0. The van der Waals surface area contributed by atoms with Gasteiger partial charge in [0.15, 0.2) is 0 Å². The van der Waals surface area contributed by atoms with Crippen LogP contribution in [-0.4, -0.2) is 5.52 Å². The first-order valence-electron chi connectivity index (χ1n) is 0.960. The predicted molar refractivity (Wildman–Crippen MR) is 253 cm³/mol. The fraction of sp³-hybridized carbons (Fsp3) is 1.00. The first-order chi connectivity index (χ1) is 2.41. The topological polar surface area (TPSA) is 0 Å². The largest absolute Gasteiger partial charge is 1.00 e. The molecule has 0 heterocycles. The first-order valence-corrected chi connectivity index (χ1v) is 4.37. The number of halogens is 2. The number of rotatable bonds is 0. The van der Waals surface area contributed by atoms with Gasteiger partial charge in [-0.2, -0.15) is 0 Å². The van der Waals surface area contributed by atoms with Crippen molar-refractivity contribution in [3.8, 4) is 0 Å². The van der Waals surface area contributed by atoms with Gasteiger partial charge in [-0.05, 0) is 8.02 Å². The van der Waals surface area contributed by atoms with Crippen LogP contribution in [0.25, 0.3) is 0 Å². The standard InChI is InChI=1S/CH4I.31CH4.FH.HPS.10H2/c1-2;;;;;;;;;;;;;;;;;;;;;;;;;;;;;;;;;1-2;;;;;;;;;;/h2H,1H3;31*1H4;1H;1H;10*1H/q-1;;;;;;;;;;;;;;;;;;;;;;;;;;;;;;;;;;;;;;;;;;;/p-1/i2T;;;;;;;;;;;;;;;;;;;;;;;;;;;;;;;;;;10*1+2. The van der Waals surface area contributed by atoms with E-state index in [9.17, 15) is 0 Å². The van der Waals surface area contributed by atoms with Crippen LogP contribution >= 0.6 is 8.02 Å². The normalized spacial score (nSPS) is 0.750. The van der Waals surface area contributed by atoms with Gasteiger partial charge in [0.05, 0.1) is 0 Å². The van der Waals surface area contributed by atoms with E-state index in [1.54, 1.807) is 0 Å². The van der Waals surface area contributed by atoms with Crippen LogP contribution in [0, 0.1) is 0 Å². The summed E-state index contributed by atoms with van der Waals surface area (Å²) < 4.78 is 6.32. The van der Waals surface area contributed by atoms with Crippen molar-refractivity contribution in [3.05, 3.63) is 0 Å². The van der Waals surface area contributed by atoms with Gasteiger partial charge in [0.2, 0.25) is 0 Å². The van der Waals surface area contributed by atoms with Gasteiger partial charge < -0.3 is 4.70 Å². The molecule has 0 aliphatic heterocycles. The van der Waals surface area contributed by atoms with Gasteiger partial charge in [0.25, 0.3) is 0 Å². The van der Waals surface area contributed by atoms with Gasteiger partial charge in [-0.25, -0.2) is 0 Å². The van der Waals surface area contributed by atoms with Crippen molar-refractivity contribution in [3.63, 3.8) is 0 Å². The molecule has 0 saturated heterocycles. The Hall–Kier alpha value is 1.18. The van der Waals surface area contributed by atoms with E-state index in [2.05, 4.69) is 19.8 Å². The average Bonchev–Trinajstić information content (AvgIpc) is 1.46. The molecule has 0 aromatic rings. The molecule has 4 heteroatoms. The molecule has 0 fully saturated rings. The van der Waals surface area contributed by atoms with Gasteiger partial charge >= 0.3 is 27.9 Å². The van der Waals surface area contributed by atoms with Gasteiger partial charge in [0, 0.05) is 14.3 Å². The average molecular weight is 766 g/mol. The molecule has 304 valence electrons. The van der Waals surface area contributed by atoms with Crippen molar-refractivity contribution >= 4 is 19.8 Å². The molecule has 0 rings (SSSR count). The van der Waals surface area contributed by atoms with E-state index in [4.69, 9.17) is 0.594 Å². The Kier molecular flexibility index (Phi) is 2490000. The van der Waals surface area contributed by atoms with Crippen LogP contribution < -0.4 is 27.1 Å². The maximum Gasteiger partial charge on any atom is -1.00 e. The third-order valence-corrected chi connectivity index (χ3v) is 0. The van der Waals surface area contributed by atoms with Crippen molar-refractivity contribution in [2.75, 3.05) is 4.93 Å². The fourth-order valence-electron chi connectivity index (χ4n) is 0. The number of hydrogen-bond donors (Lipinski definition) is 0. The summed E-state index contributed by atoms with van der Waals surface area (Å²) in [4.78, 5) is 1.90. The van der Waals surface area contributed by atoms with E-state index in [1.807, 2.05) is 4.93 Å². The van der Waals surface area contributed by atoms with Gasteiger partial charge in [-0.1, -0.05) is 242 Å². The summed E-state index contributed by atoms with van der Waals surface area (Å²) in [5, 5.41) is 0. The van der Waals surface area contributed by atoms with Crippen LogP contribution in [0.1, 0.15) is 244 Å². The third kappa shape index (κ3) is 29500. The van der Waals surface area contributed by atoms with E-state index in [0.29, 0.717) is 0 Å². The molecule has 0 aliphatic rings. The summed E-state index contributed by atoms with van der Waals surface area (Å²) in [5.41, 5.74) is 0. The van der Waals surface area contributed by atoms with Crippen LogP contribution in [-0.2, 0) is 11.8 Å². The Morgan fingerprint density at radius 2 is 0.333 bits per heavy atom. The minimum Gasteiger partial charge on any atom is -1.00 e. The van der Waals surface area contributed by atoms with E-state index in [1.165, 1.54) is 0 Å². The molecule has 0 nitrogen and oxygen atoms in total. The second-order valence-electron chi connectivity index (χ2n) is 0. The summed E-state index contributed by atoms with van der Waals surface area (Å²) in [5.74, 6) is 0. The minimum atomic E-state index is -0.160. The van der Waals surface area contributed by atoms with Gasteiger partial charge in [-0.3, -0.25) is 0 Å². The second kappa shape index (κ2) is 32200. The van der Waals surface area contributed by atoms with E-state index in [0.717, 1.165) is 0 Å². The van der Waals surface area contributed by atoms with Crippen molar-refractivity contribution in [1.82, 2.24) is 0 Å². The zero-order chi connectivity index (χ0) is 4.71. The Balaban J connectivity index is -0.0000000000483. The Labute approximate surface area is 296 Å². The molecule has 0 radical (unpaired) electrons. The summed E-state index contributed by atoms with van der Waals surface area (Å²) >= 11 is 3.73. The molecular formula is C32H149FIPS-2. The Morgan fingerprint density at radius 3 is 0.333 bits per heavy atom. The van der Waals surface area contributed by atoms with Crippen molar-refractivity contribution < 1.29 is 41.4 Å². The number of hydrogen-bond acceptors (Lipinski definition) is 1. The van der Waals surface area contributed by atoms with Crippen molar-refractivity contribution in [2.45, 2.75) is 230 Å². The summed E-state index contributed by atoms with van der Waals surface area (Å²) in [7, 11) is 2.56. The molecule has 0 spiro atoms. The zero-order valence-corrected chi connectivity index (χ0v) is 6.64. The summed E-state index contributed by atoms with van der Waals surface area (Å²) in [6.45, 7) is 0. The molecule has 0 bridgehead atoms. The molecule has 0 aromatic carbocycles. The van der Waals surface area contributed by atoms with Crippen LogP contribution in [0.5, 0.6) is 0 Å².